The molecule has 0 bridgehead atoms. The van der Waals surface area contributed by atoms with Crippen LogP contribution in [-0.4, -0.2) is 87.5 Å². The SMILES string of the molecule is CCCCCCCCCCCCCC/C=C\CCCCCCCCCCCCC(=O)NC(COC1OC(CO)C(O)C(O)C1O)C(O)/C=C/CC/C=C/CC/C=C/CCCCCCCCCCCCCCCCC. The van der Waals surface area contributed by atoms with Gasteiger partial charge in [-0.2, -0.15) is 0 Å². The number of allylic oxidation sites excluding steroid dienone is 7. The topological polar surface area (TPSA) is 149 Å². The van der Waals surface area contributed by atoms with Crippen molar-refractivity contribution >= 4 is 5.91 Å². The Morgan fingerprint density at radius 1 is 0.446 bits per heavy atom. The third kappa shape index (κ3) is 43.2. The molecule has 1 fully saturated rings. The summed E-state index contributed by atoms with van der Waals surface area (Å²) < 4.78 is 11.3. The molecule has 1 amide bonds. The van der Waals surface area contributed by atoms with Crippen LogP contribution >= 0.6 is 0 Å². The molecule has 9 heteroatoms. The number of aliphatic hydroxyl groups excluding tert-OH is 5. The van der Waals surface area contributed by atoms with Gasteiger partial charge < -0.3 is 40.3 Å². The summed E-state index contributed by atoms with van der Waals surface area (Å²) in [7, 11) is 0. The zero-order valence-electron chi connectivity index (χ0n) is 48.4. The van der Waals surface area contributed by atoms with Crippen molar-refractivity contribution < 1.29 is 39.8 Å². The minimum absolute atomic E-state index is 0.189. The average molecular weight is 1040 g/mol. The fraction of sp³-hybridized carbons (Fsp3) is 0.862. The second kappa shape index (κ2) is 54.5. The van der Waals surface area contributed by atoms with Gasteiger partial charge in [-0.25, -0.2) is 0 Å². The van der Waals surface area contributed by atoms with Gasteiger partial charge in [-0.15, -0.1) is 0 Å². The third-order valence-electron chi connectivity index (χ3n) is 15.1. The third-order valence-corrected chi connectivity index (χ3v) is 15.1. The standard InChI is InChI=1S/C65H121NO8/c1-3-5-7-9-11-13-15-17-19-21-23-25-27-29-31-33-35-37-39-41-43-45-47-49-51-53-55-61(69)66-58(57-73-65-64(72)63(71)62(70)60(56-67)74-65)59(68)54-52-50-48-46-44-42-40-38-36-34-32-30-28-26-24-22-20-18-16-14-12-10-8-6-4-2/h29,31,36,38,44,46,52,54,58-60,62-65,67-68,70-72H,3-28,30,32-35,37,39-43,45,47-51,53,55-57H2,1-2H3,(H,66,69)/b31-29-,38-36+,46-44+,54-52+. The largest absolute Gasteiger partial charge is 0.394 e. The molecule has 1 rings (SSSR count). The quantitative estimate of drug-likeness (QED) is 0.0261. The first-order valence-corrected chi connectivity index (χ1v) is 31.9. The molecule has 1 aliphatic heterocycles. The Balaban J connectivity index is 2.22. The van der Waals surface area contributed by atoms with Crippen molar-refractivity contribution in [3.8, 4) is 0 Å². The van der Waals surface area contributed by atoms with Gasteiger partial charge in [0, 0.05) is 6.42 Å². The maximum absolute atomic E-state index is 13.1. The lowest BCUT2D eigenvalue weighted by molar-refractivity contribution is -0.302. The summed E-state index contributed by atoms with van der Waals surface area (Å²) in [6, 6.07) is -0.831. The first-order chi connectivity index (χ1) is 36.3. The Labute approximate surface area is 456 Å². The molecule has 1 saturated heterocycles. The molecule has 0 saturated carbocycles. The number of nitrogens with one attached hydrogen (secondary N) is 1. The Morgan fingerprint density at radius 2 is 0.770 bits per heavy atom. The van der Waals surface area contributed by atoms with Crippen LogP contribution in [0.15, 0.2) is 48.6 Å². The van der Waals surface area contributed by atoms with E-state index < -0.39 is 49.5 Å². The number of unbranched alkanes of at least 4 members (excludes halogenated alkanes) is 39. The fourth-order valence-electron chi connectivity index (χ4n) is 10.1. The van der Waals surface area contributed by atoms with E-state index in [9.17, 15) is 30.3 Å². The number of carbonyl (C=O) groups is 1. The van der Waals surface area contributed by atoms with Crippen LogP contribution in [0.3, 0.4) is 0 Å². The number of hydrogen-bond acceptors (Lipinski definition) is 8. The van der Waals surface area contributed by atoms with Crippen LogP contribution in [-0.2, 0) is 14.3 Å². The fourth-order valence-corrected chi connectivity index (χ4v) is 10.1. The summed E-state index contributed by atoms with van der Waals surface area (Å²) in [6.45, 7) is 3.80. The van der Waals surface area contributed by atoms with Crippen LogP contribution in [0.25, 0.3) is 0 Å². The second-order valence-corrected chi connectivity index (χ2v) is 22.2. The van der Waals surface area contributed by atoms with Crippen LogP contribution in [0.1, 0.15) is 303 Å². The summed E-state index contributed by atoms with van der Waals surface area (Å²) in [5.74, 6) is -0.189. The van der Waals surface area contributed by atoms with Crippen molar-refractivity contribution in [3.05, 3.63) is 48.6 Å². The van der Waals surface area contributed by atoms with E-state index in [1.54, 1.807) is 6.08 Å². The molecule has 0 aliphatic carbocycles. The van der Waals surface area contributed by atoms with Crippen molar-refractivity contribution in [2.75, 3.05) is 13.2 Å². The molecular formula is C65H121NO8. The van der Waals surface area contributed by atoms with E-state index in [0.29, 0.717) is 6.42 Å². The Kier molecular flexibility index (Phi) is 51.7. The van der Waals surface area contributed by atoms with E-state index in [0.717, 1.165) is 44.9 Å². The lowest BCUT2D eigenvalue weighted by Gasteiger charge is -2.40. The summed E-state index contributed by atoms with van der Waals surface area (Å²) in [5.41, 5.74) is 0. The van der Waals surface area contributed by atoms with Gasteiger partial charge in [0.2, 0.25) is 5.91 Å². The lowest BCUT2D eigenvalue weighted by Crippen LogP contribution is -2.60. The lowest BCUT2D eigenvalue weighted by atomic mass is 9.99. The number of amides is 1. The molecular weight excluding hydrogens is 923 g/mol. The van der Waals surface area contributed by atoms with Gasteiger partial charge in [0.15, 0.2) is 6.29 Å². The van der Waals surface area contributed by atoms with E-state index in [1.165, 1.54) is 238 Å². The van der Waals surface area contributed by atoms with E-state index in [1.807, 2.05) is 6.08 Å². The molecule has 9 nitrogen and oxygen atoms in total. The van der Waals surface area contributed by atoms with Crippen LogP contribution in [0.2, 0.25) is 0 Å². The molecule has 0 aromatic rings. The monoisotopic (exact) mass is 1040 g/mol. The van der Waals surface area contributed by atoms with Gasteiger partial charge in [0.1, 0.15) is 24.4 Å². The number of hydrogen-bond donors (Lipinski definition) is 6. The van der Waals surface area contributed by atoms with Gasteiger partial charge in [0.25, 0.3) is 0 Å². The highest BCUT2D eigenvalue weighted by Crippen LogP contribution is 2.23. The van der Waals surface area contributed by atoms with Crippen molar-refractivity contribution in [1.29, 1.82) is 0 Å². The average Bonchev–Trinajstić information content (AvgIpc) is 3.40. The molecule has 74 heavy (non-hydrogen) atoms. The minimum Gasteiger partial charge on any atom is -0.394 e. The molecule has 434 valence electrons. The van der Waals surface area contributed by atoms with Crippen molar-refractivity contribution in [1.82, 2.24) is 5.32 Å². The number of ether oxygens (including phenoxy) is 2. The molecule has 0 aromatic heterocycles. The molecule has 1 heterocycles. The van der Waals surface area contributed by atoms with Crippen molar-refractivity contribution in [2.24, 2.45) is 0 Å². The molecule has 7 atom stereocenters. The van der Waals surface area contributed by atoms with E-state index in [4.69, 9.17) is 9.47 Å². The molecule has 0 radical (unpaired) electrons. The van der Waals surface area contributed by atoms with Gasteiger partial charge in [-0.05, 0) is 70.6 Å². The van der Waals surface area contributed by atoms with E-state index in [2.05, 4.69) is 55.6 Å². The summed E-state index contributed by atoms with van der Waals surface area (Å²) >= 11 is 0. The Morgan fingerprint density at radius 3 is 1.14 bits per heavy atom. The predicted molar refractivity (Wildman–Crippen MR) is 313 cm³/mol. The van der Waals surface area contributed by atoms with Crippen LogP contribution < -0.4 is 5.32 Å². The summed E-state index contributed by atoms with van der Waals surface area (Å²) in [4.78, 5) is 13.1. The second-order valence-electron chi connectivity index (χ2n) is 22.2. The molecule has 0 aromatic carbocycles. The minimum atomic E-state index is -1.58. The zero-order chi connectivity index (χ0) is 53.6. The van der Waals surface area contributed by atoms with Crippen LogP contribution in [0.4, 0.5) is 0 Å². The summed E-state index contributed by atoms with van der Waals surface area (Å²) in [5, 5.41) is 54.6. The zero-order valence-corrected chi connectivity index (χ0v) is 48.4. The van der Waals surface area contributed by atoms with Gasteiger partial charge in [-0.1, -0.05) is 274 Å². The highest BCUT2D eigenvalue weighted by molar-refractivity contribution is 5.76. The maximum atomic E-state index is 13.1. The van der Waals surface area contributed by atoms with Crippen LogP contribution in [0.5, 0.6) is 0 Å². The Bertz CT molecular complexity index is 1300. The van der Waals surface area contributed by atoms with Crippen LogP contribution in [0, 0.1) is 0 Å². The van der Waals surface area contributed by atoms with Crippen molar-refractivity contribution in [3.63, 3.8) is 0 Å². The van der Waals surface area contributed by atoms with Gasteiger partial charge >= 0.3 is 0 Å². The molecule has 6 N–H and O–H groups in total. The highest BCUT2D eigenvalue weighted by atomic mass is 16.7. The van der Waals surface area contributed by atoms with E-state index in [-0.39, 0.29) is 12.5 Å². The molecule has 0 spiro atoms. The normalized spacial score (nSPS) is 19.3. The maximum Gasteiger partial charge on any atom is 0.220 e. The number of aliphatic hydroxyl groups is 5. The molecule has 7 unspecified atom stereocenters. The smallest absolute Gasteiger partial charge is 0.220 e. The number of carbonyl (C=O) groups excluding carboxylic acids is 1. The van der Waals surface area contributed by atoms with Crippen molar-refractivity contribution in [2.45, 2.75) is 346 Å². The predicted octanol–water partition coefficient (Wildman–Crippen LogP) is 16.5. The number of rotatable bonds is 55. The van der Waals surface area contributed by atoms with Gasteiger partial charge in [0.05, 0.1) is 25.4 Å². The Hall–Kier alpha value is -1.85. The van der Waals surface area contributed by atoms with Gasteiger partial charge in [-0.3, -0.25) is 4.79 Å². The first kappa shape index (κ1) is 70.2. The van der Waals surface area contributed by atoms with E-state index >= 15 is 0 Å². The molecule has 1 aliphatic rings. The first-order valence-electron chi connectivity index (χ1n) is 31.9. The summed E-state index contributed by atoms with van der Waals surface area (Å²) in [6.07, 6.45) is 66.3. The highest BCUT2D eigenvalue weighted by Gasteiger charge is 2.44.